The number of nitrogens with zero attached hydrogens (tertiary/aromatic N) is 2. The maximum atomic E-state index is 11.7. The van der Waals surface area contributed by atoms with Crippen LogP contribution in [0.25, 0.3) is 0 Å². The molecule has 0 radical (unpaired) electrons. The quantitative estimate of drug-likeness (QED) is 0.886. The van der Waals surface area contributed by atoms with Crippen molar-refractivity contribution < 1.29 is 14.7 Å². The molecule has 7 heteroatoms. The molecule has 1 aliphatic rings. The van der Waals surface area contributed by atoms with Crippen molar-refractivity contribution in [3.05, 3.63) is 34.8 Å². The van der Waals surface area contributed by atoms with Crippen LogP contribution in [0.1, 0.15) is 15.4 Å². The van der Waals surface area contributed by atoms with Gasteiger partial charge in [0.05, 0.1) is 17.1 Å². The monoisotopic (exact) mass is 289 g/mol. The molecular formula is C13H11N3O3S. The summed E-state index contributed by atoms with van der Waals surface area (Å²) >= 11 is 1.08. The van der Waals surface area contributed by atoms with E-state index in [1.165, 1.54) is 0 Å². The Hall–Kier alpha value is -2.41. The highest BCUT2D eigenvalue weighted by Gasteiger charge is 2.26. The summed E-state index contributed by atoms with van der Waals surface area (Å²) in [7, 11) is 0. The number of thiazole rings is 1. The van der Waals surface area contributed by atoms with Crippen LogP contribution in [0, 0.1) is 6.92 Å². The van der Waals surface area contributed by atoms with Gasteiger partial charge in [0, 0.05) is 0 Å². The fourth-order valence-electron chi connectivity index (χ4n) is 2.10. The molecule has 0 spiro atoms. The van der Waals surface area contributed by atoms with Crippen LogP contribution in [-0.2, 0) is 4.79 Å². The van der Waals surface area contributed by atoms with E-state index >= 15 is 0 Å². The van der Waals surface area contributed by atoms with E-state index in [-0.39, 0.29) is 17.3 Å². The Bertz CT molecular complexity index is 711. The Kier molecular flexibility index (Phi) is 2.90. The second kappa shape index (κ2) is 4.61. The van der Waals surface area contributed by atoms with Crippen molar-refractivity contribution in [1.29, 1.82) is 0 Å². The maximum Gasteiger partial charge on any atom is 0.347 e. The number of aryl methyl sites for hydroxylation is 1. The fourth-order valence-corrected chi connectivity index (χ4v) is 3.02. The predicted octanol–water partition coefficient (Wildman–Crippen LogP) is 2.24. The van der Waals surface area contributed by atoms with Crippen molar-refractivity contribution in [2.24, 2.45) is 0 Å². The van der Waals surface area contributed by atoms with Crippen LogP contribution in [0.5, 0.6) is 0 Å². The van der Waals surface area contributed by atoms with Gasteiger partial charge in [-0.3, -0.25) is 4.79 Å². The Morgan fingerprint density at radius 3 is 2.90 bits per heavy atom. The molecule has 0 saturated carbocycles. The third-order valence-electron chi connectivity index (χ3n) is 2.98. The second-order valence-electron chi connectivity index (χ2n) is 4.37. The minimum absolute atomic E-state index is 0.128. The predicted molar refractivity (Wildman–Crippen MR) is 75.9 cm³/mol. The first-order valence-corrected chi connectivity index (χ1v) is 6.75. The van der Waals surface area contributed by atoms with E-state index in [4.69, 9.17) is 5.11 Å². The molecule has 2 aromatic rings. The molecule has 1 aromatic carbocycles. The first-order valence-electron chi connectivity index (χ1n) is 5.93. The number of carboxylic acid groups (broad SMARTS) is 1. The van der Waals surface area contributed by atoms with Gasteiger partial charge in [-0.2, -0.15) is 0 Å². The molecule has 1 amide bonds. The van der Waals surface area contributed by atoms with E-state index in [1.807, 2.05) is 18.2 Å². The number of fused-ring (bicyclic) bond motifs is 1. The number of carbonyl (C=O) groups excluding carboxylic acids is 1. The molecule has 0 atom stereocenters. The van der Waals surface area contributed by atoms with Crippen molar-refractivity contribution in [2.75, 3.05) is 16.8 Å². The number of para-hydroxylation sites is 2. The fraction of sp³-hybridized carbons (Fsp3) is 0.154. The first kappa shape index (κ1) is 12.6. The van der Waals surface area contributed by atoms with E-state index in [0.717, 1.165) is 17.0 Å². The lowest BCUT2D eigenvalue weighted by atomic mass is 10.2. The number of carbonyl (C=O) groups is 2. The summed E-state index contributed by atoms with van der Waals surface area (Å²) in [5.74, 6) is -1.14. The zero-order valence-corrected chi connectivity index (χ0v) is 11.4. The highest BCUT2D eigenvalue weighted by molar-refractivity contribution is 7.17. The van der Waals surface area contributed by atoms with E-state index in [1.54, 1.807) is 17.9 Å². The number of hydrogen-bond donors (Lipinski definition) is 2. The van der Waals surface area contributed by atoms with Crippen molar-refractivity contribution >= 4 is 39.7 Å². The molecule has 0 saturated heterocycles. The minimum atomic E-state index is -0.999. The van der Waals surface area contributed by atoms with Gasteiger partial charge in [-0.25, -0.2) is 9.78 Å². The molecule has 0 aliphatic carbocycles. The number of rotatable bonds is 2. The Morgan fingerprint density at radius 1 is 1.45 bits per heavy atom. The van der Waals surface area contributed by atoms with Gasteiger partial charge in [-0.15, -0.1) is 0 Å². The first-order chi connectivity index (χ1) is 9.56. The number of aromatic nitrogens is 1. The van der Waals surface area contributed by atoms with Gasteiger partial charge in [-0.05, 0) is 19.1 Å². The average Bonchev–Trinajstić information content (AvgIpc) is 2.80. The van der Waals surface area contributed by atoms with Crippen molar-refractivity contribution in [2.45, 2.75) is 6.92 Å². The summed E-state index contributed by atoms with van der Waals surface area (Å²) in [4.78, 5) is 29.0. The summed E-state index contributed by atoms with van der Waals surface area (Å²) < 4.78 is 0. The van der Waals surface area contributed by atoms with Crippen LogP contribution in [0.3, 0.4) is 0 Å². The van der Waals surface area contributed by atoms with E-state index in [2.05, 4.69) is 10.3 Å². The highest BCUT2D eigenvalue weighted by Crippen LogP contribution is 2.37. The van der Waals surface area contributed by atoms with Gasteiger partial charge in [0.15, 0.2) is 5.13 Å². The number of benzene rings is 1. The number of anilines is 3. The van der Waals surface area contributed by atoms with E-state index in [9.17, 15) is 9.59 Å². The van der Waals surface area contributed by atoms with Crippen LogP contribution < -0.4 is 10.2 Å². The number of amides is 1. The number of nitrogens with one attached hydrogen (secondary N) is 1. The van der Waals surface area contributed by atoms with E-state index in [0.29, 0.717) is 16.5 Å². The zero-order valence-electron chi connectivity index (χ0n) is 10.6. The van der Waals surface area contributed by atoms with Crippen LogP contribution in [0.15, 0.2) is 24.3 Å². The molecule has 3 rings (SSSR count). The molecule has 2 N–H and O–H groups in total. The van der Waals surface area contributed by atoms with Crippen molar-refractivity contribution in [3.63, 3.8) is 0 Å². The van der Waals surface area contributed by atoms with Gasteiger partial charge in [0.25, 0.3) is 0 Å². The van der Waals surface area contributed by atoms with Crippen LogP contribution >= 0.6 is 11.3 Å². The molecule has 1 aliphatic heterocycles. The van der Waals surface area contributed by atoms with E-state index < -0.39 is 5.97 Å². The molecule has 6 nitrogen and oxygen atoms in total. The normalized spacial score (nSPS) is 13.8. The second-order valence-corrected chi connectivity index (χ2v) is 5.35. The number of aromatic carboxylic acids is 1. The average molecular weight is 289 g/mol. The third kappa shape index (κ3) is 2.01. The number of carboxylic acids is 1. The van der Waals surface area contributed by atoms with Crippen LogP contribution in [0.2, 0.25) is 0 Å². The SMILES string of the molecule is Cc1nc(N2CC(=O)Nc3ccccc32)sc1C(=O)O. The molecule has 20 heavy (non-hydrogen) atoms. The maximum absolute atomic E-state index is 11.7. The minimum Gasteiger partial charge on any atom is -0.477 e. The van der Waals surface area contributed by atoms with Gasteiger partial charge in [0.2, 0.25) is 5.91 Å². The molecule has 0 unspecified atom stereocenters. The van der Waals surface area contributed by atoms with Crippen molar-refractivity contribution in [3.8, 4) is 0 Å². The summed E-state index contributed by atoms with van der Waals surface area (Å²) in [6, 6.07) is 7.37. The van der Waals surface area contributed by atoms with Crippen molar-refractivity contribution in [1.82, 2.24) is 4.98 Å². The largest absolute Gasteiger partial charge is 0.477 e. The van der Waals surface area contributed by atoms with Gasteiger partial charge >= 0.3 is 5.97 Å². The highest BCUT2D eigenvalue weighted by atomic mass is 32.1. The molecule has 2 heterocycles. The van der Waals surface area contributed by atoms with Crippen LogP contribution in [0.4, 0.5) is 16.5 Å². The van der Waals surface area contributed by atoms with Crippen LogP contribution in [-0.4, -0.2) is 28.5 Å². The standard InChI is InChI=1S/C13H11N3O3S/c1-7-11(12(18)19)20-13(14-7)16-6-10(17)15-8-4-2-3-5-9(8)16/h2-5H,6H2,1H3,(H,15,17)(H,18,19). The number of hydrogen-bond acceptors (Lipinski definition) is 5. The topological polar surface area (TPSA) is 82.5 Å². The molecule has 102 valence electrons. The lowest BCUT2D eigenvalue weighted by Crippen LogP contribution is -2.34. The van der Waals surface area contributed by atoms with Gasteiger partial charge < -0.3 is 15.3 Å². The third-order valence-corrected chi connectivity index (χ3v) is 4.15. The Balaban J connectivity index is 2.08. The van der Waals surface area contributed by atoms with Gasteiger partial charge in [0.1, 0.15) is 11.4 Å². The Morgan fingerprint density at radius 2 is 2.20 bits per heavy atom. The molecule has 1 aromatic heterocycles. The molecule has 0 bridgehead atoms. The smallest absolute Gasteiger partial charge is 0.347 e. The summed E-state index contributed by atoms with van der Waals surface area (Å²) in [6.45, 7) is 1.78. The summed E-state index contributed by atoms with van der Waals surface area (Å²) in [5, 5.41) is 12.4. The molecular weight excluding hydrogens is 278 g/mol. The lowest BCUT2D eigenvalue weighted by molar-refractivity contribution is -0.115. The summed E-state index contributed by atoms with van der Waals surface area (Å²) in [5.41, 5.74) is 1.98. The summed E-state index contributed by atoms with van der Waals surface area (Å²) in [6.07, 6.45) is 0. The lowest BCUT2D eigenvalue weighted by Gasteiger charge is -2.28. The Labute approximate surface area is 118 Å². The zero-order chi connectivity index (χ0) is 14.3. The molecule has 0 fully saturated rings. The van der Waals surface area contributed by atoms with Gasteiger partial charge in [-0.1, -0.05) is 23.5 Å².